The van der Waals surface area contributed by atoms with Crippen LogP contribution in [0.3, 0.4) is 0 Å². The van der Waals surface area contributed by atoms with Gasteiger partial charge in [0.05, 0.1) is 13.0 Å². The number of anilines is 1. The van der Waals surface area contributed by atoms with Crippen molar-refractivity contribution in [2.24, 2.45) is 0 Å². The van der Waals surface area contributed by atoms with Crippen LogP contribution in [0.15, 0.2) is 53.0 Å². The van der Waals surface area contributed by atoms with Gasteiger partial charge in [-0.2, -0.15) is 23.8 Å². The lowest BCUT2D eigenvalue weighted by molar-refractivity contribution is -0.155. The van der Waals surface area contributed by atoms with Crippen LogP contribution in [0.5, 0.6) is 0 Å². The molecular weight excluding hydrogens is 372 g/mol. The number of amides is 2. The summed E-state index contributed by atoms with van der Waals surface area (Å²) >= 11 is 3.35. The Balaban J connectivity index is 1.56. The minimum Gasteiger partial charge on any atom is -0.366 e. The largest absolute Gasteiger partial charge is 0.366 e. The fourth-order valence-electron chi connectivity index (χ4n) is 2.65. The van der Waals surface area contributed by atoms with E-state index in [9.17, 15) is 9.59 Å². The Morgan fingerprint density at radius 3 is 2.83 bits per heavy atom. The summed E-state index contributed by atoms with van der Waals surface area (Å²) in [6.45, 7) is 1.55. The molecule has 0 spiro atoms. The topological polar surface area (TPSA) is 58.6 Å². The summed E-state index contributed by atoms with van der Waals surface area (Å²) in [6, 6.07) is 15.2. The molecule has 3 rings (SSSR count). The van der Waals surface area contributed by atoms with Crippen molar-refractivity contribution in [1.29, 1.82) is 0 Å². The van der Waals surface area contributed by atoms with Crippen molar-refractivity contribution in [2.75, 3.05) is 18.5 Å². The molecule has 1 unspecified atom stereocenters. The number of carbonyl (C=O) groups is 2. The minimum atomic E-state index is -0.718. The molecule has 2 aromatic rings. The minimum absolute atomic E-state index is 0.0202. The molecule has 1 aliphatic heterocycles. The number of hydrogen-bond acceptors (Lipinski definition) is 3. The Morgan fingerprint density at radius 2 is 2.12 bits per heavy atom. The zero-order valence-electron chi connectivity index (χ0n) is 13.1. The Hall–Kier alpha value is -2.05. The molecule has 0 radical (unpaired) electrons. The molecule has 5 nitrogen and oxygen atoms in total. The molecule has 1 saturated heterocycles. The third-order valence-electron chi connectivity index (χ3n) is 3.87. The molecule has 0 saturated carbocycles. The van der Waals surface area contributed by atoms with Gasteiger partial charge in [0, 0.05) is 16.7 Å². The fraction of sp³-hybridized carbons (Fsp3) is 0.278. The Bertz CT molecular complexity index is 698. The van der Waals surface area contributed by atoms with Crippen molar-refractivity contribution in [2.45, 2.75) is 19.1 Å². The predicted octanol–water partition coefficient (Wildman–Crippen LogP) is 2.92. The van der Waals surface area contributed by atoms with E-state index in [0.717, 1.165) is 10.0 Å². The average Bonchev–Trinajstić information content (AvgIpc) is 3.06. The number of benzene rings is 1. The average molecular weight is 390 g/mol. The summed E-state index contributed by atoms with van der Waals surface area (Å²) in [7, 11) is 0. The SMILES string of the molecule is O=C(CC1OCCN(Cc2cc[cH-]c2)C1=O)Nc1ccc(Br)cc1. The van der Waals surface area contributed by atoms with Crippen LogP contribution in [0, 0.1) is 0 Å². The highest BCUT2D eigenvalue weighted by Gasteiger charge is 2.30. The number of carbonyl (C=O) groups excluding carboxylic acids is 2. The Labute approximate surface area is 149 Å². The van der Waals surface area contributed by atoms with E-state index in [1.54, 1.807) is 17.0 Å². The second-order valence-electron chi connectivity index (χ2n) is 5.67. The predicted molar refractivity (Wildman–Crippen MR) is 94.6 cm³/mol. The smallest absolute Gasteiger partial charge is 0.251 e. The van der Waals surface area contributed by atoms with E-state index in [4.69, 9.17) is 4.74 Å². The van der Waals surface area contributed by atoms with Gasteiger partial charge in [0.1, 0.15) is 6.10 Å². The van der Waals surface area contributed by atoms with Gasteiger partial charge in [-0.05, 0) is 30.8 Å². The maximum absolute atomic E-state index is 12.5. The van der Waals surface area contributed by atoms with Crippen molar-refractivity contribution < 1.29 is 14.3 Å². The van der Waals surface area contributed by atoms with Gasteiger partial charge in [-0.15, -0.1) is 0 Å². The lowest BCUT2D eigenvalue weighted by atomic mass is 10.1. The molecule has 6 heteroatoms. The number of hydrogen-bond donors (Lipinski definition) is 1. The quantitative estimate of drug-likeness (QED) is 0.799. The lowest BCUT2D eigenvalue weighted by Crippen LogP contribution is -2.48. The highest BCUT2D eigenvalue weighted by molar-refractivity contribution is 9.10. The first-order chi connectivity index (χ1) is 11.6. The van der Waals surface area contributed by atoms with E-state index in [-0.39, 0.29) is 18.2 Å². The van der Waals surface area contributed by atoms with Gasteiger partial charge >= 0.3 is 0 Å². The molecule has 126 valence electrons. The Kier molecular flexibility index (Phi) is 5.37. The van der Waals surface area contributed by atoms with Gasteiger partial charge in [-0.3, -0.25) is 9.59 Å². The standard InChI is InChI=1S/C18H18BrN2O3/c19-14-5-7-15(8-6-14)20-17(22)11-16-18(23)21(9-10-24-16)12-13-3-1-2-4-13/h1-8,16H,9-12H2,(H,20,22)/q-1. The van der Waals surface area contributed by atoms with Gasteiger partial charge in [-0.25, -0.2) is 6.07 Å². The van der Waals surface area contributed by atoms with E-state index in [1.807, 2.05) is 36.4 Å². The highest BCUT2D eigenvalue weighted by atomic mass is 79.9. The lowest BCUT2D eigenvalue weighted by Gasteiger charge is -2.33. The third kappa shape index (κ3) is 4.27. The second kappa shape index (κ2) is 7.68. The molecule has 1 fully saturated rings. The van der Waals surface area contributed by atoms with Crippen molar-refractivity contribution in [3.05, 3.63) is 58.6 Å². The van der Waals surface area contributed by atoms with Gasteiger partial charge in [0.15, 0.2) is 0 Å². The van der Waals surface area contributed by atoms with Crippen LogP contribution < -0.4 is 5.32 Å². The molecule has 24 heavy (non-hydrogen) atoms. The first-order valence-electron chi connectivity index (χ1n) is 7.78. The van der Waals surface area contributed by atoms with Gasteiger partial charge in [-0.1, -0.05) is 15.9 Å². The zero-order valence-corrected chi connectivity index (χ0v) is 14.7. The summed E-state index contributed by atoms with van der Waals surface area (Å²) in [4.78, 5) is 26.4. The van der Waals surface area contributed by atoms with Gasteiger partial charge < -0.3 is 15.0 Å². The number of morpholine rings is 1. The fourth-order valence-corrected chi connectivity index (χ4v) is 2.91. The highest BCUT2D eigenvalue weighted by Crippen LogP contribution is 2.17. The molecule has 1 heterocycles. The number of rotatable bonds is 5. The van der Waals surface area contributed by atoms with E-state index >= 15 is 0 Å². The molecule has 2 amide bonds. The van der Waals surface area contributed by atoms with Crippen LogP contribution in [-0.2, 0) is 20.9 Å². The molecule has 1 atom stereocenters. The Morgan fingerprint density at radius 1 is 1.33 bits per heavy atom. The van der Waals surface area contributed by atoms with Crippen LogP contribution >= 0.6 is 15.9 Å². The number of halogens is 1. The first-order valence-corrected chi connectivity index (χ1v) is 8.57. The van der Waals surface area contributed by atoms with Crippen LogP contribution in [0.2, 0.25) is 0 Å². The monoisotopic (exact) mass is 389 g/mol. The van der Waals surface area contributed by atoms with Crippen molar-refractivity contribution in [1.82, 2.24) is 4.90 Å². The normalized spacial score (nSPS) is 17.8. The van der Waals surface area contributed by atoms with Crippen LogP contribution in [0.25, 0.3) is 0 Å². The summed E-state index contributed by atoms with van der Waals surface area (Å²) in [5, 5.41) is 2.79. The number of nitrogens with one attached hydrogen (secondary N) is 1. The van der Waals surface area contributed by atoms with E-state index in [2.05, 4.69) is 21.2 Å². The summed E-state index contributed by atoms with van der Waals surface area (Å²) in [5.41, 5.74) is 1.78. The maximum atomic E-state index is 12.5. The van der Waals surface area contributed by atoms with E-state index in [0.29, 0.717) is 25.4 Å². The third-order valence-corrected chi connectivity index (χ3v) is 4.40. The molecule has 2 aromatic carbocycles. The van der Waals surface area contributed by atoms with Crippen molar-refractivity contribution >= 4 is 33.4 Å². The first kappa shape index (κ1) is 16.8. The zero-order chi connectivity index (χ0) is 16.9. The summed E-state index contributed by atoms with van der Waals surface area (Å²) in [6.07, 6.45) is -0.698. The number of nitrogens with zero attached hydrogens (tertiary/aromatic N) is 1. The maximum Gasteiger partial charge on any atom is 0.251 e. The molecular formula is C18H18BrN2O3-. The van der Waals surface area contributed by atoms with Crippen LogP contribution in [0.1, 0.15) is 12.0 Å². The summed E-state index contributed by atoms with van der Waals surface area (Å²) in [5.74, 6) is -0.362. The van der Waals surface area contributed by atoms with Crippen molar-refractivity contribution in [3.8, 4) is 0 Å². The molecule has 0 aromatic heterocycles. The van der Waals surface area contributed by atoms with Crippen LogP contribution in [0.4, 0.5) is 5.69 Å². The number of ether oxygens (including phenoxy) is 1. The van der Waals surface area contributed by atoms with Crippen LogP contribution in [-0.4, -0.2) is 36.0 Å². The van der Waals surface area contributed by atoms with Gasteiger partial charge in [0.2, 0.25) is 5.91 Å². The van der Waals surface area contributed by atoms with Gasteiger partial charge in [0.25, 0.3) is 5.91 Å². The summed E-state index contributed by atoms with van der Waals surface area (Å²) < 4.78 is 6.45. The molecule has 1 N–H and O–H groups in total. The van der Waals surface area contributed by atoms with Crippen molar-refractivity contribution in [3.63, 3.8) is 0 Å². The molecule has 0 bridgehead atoms. The second-order valence-corrected chi connectivity index (χ2v) is 6.59. The molecule has 0 aliphatic carbocycles. The van der Waals surface area contributed by atoms with E-state index < -0.39 is 6.10 Å². The van der Waals surface area contributed by atoms with E-state index in [1.165, 1.54) is 0 Å². The molecule has 1 aliphatic rings.